The van der Waals surface area contributed by atoms with Gasteiger partial charge in [-0.25, -0.2) is 0 Å². The monoisotopic (exact) mass is 885 g/mol. The minimum atomic E-state index is -0.646. The molecule has 0 radical (unpaired) electrons. The molecule has 0 atom stereocenters. The summed E-state index contributed by atoms with van der Waals surface area (Å²) in [4.78, 5) is 2.49. The largest absolute Gasteiger partial charge is 0.310 e. The maximum Gasteiger partial charge on any atom is 0.0717 e. The van der Waals surface area contributed by atoms with Crippen molar-refractivity contribution in [1.29, 1.82) is 0 Å². The van der Waals surface area contributed by atoms with Crippen LogP contribution in [0.4, 0.5) is 17.1 Å². The Morgan fingerprint density at radius 2 is 0.768 bits per heavy atom. The van der Waals surface area contributed by atoms with Crippen molar-refractivity contribution in [3.63, 3.8) is 0 Å². The number of aryl methyl sites for hydroxylation is 2. The SMILES string of the molecule is Cc1ccc(C2(c3ccc(C)cc3)c3cc(N(c4ccccc4)c4ccc5c(c4)C(c4ccccc4)(c4ccccc4)c4ccccc4-5)ccc3-c3c(-c4ccccc4)ccc(C(C)(C)C)c32)cc1. The van der Waals surface area contributed by atoms with E-state index in [0.29, 0.717) is 0 Å². The topological polar surface area (TPSA) is 3.24 Å². The highest BCUT2D eigenvalue weighted by molar-refractivity contribution is 5.98. The smallest absolute Gasteiger partial charge is 0.0717 e. The lowest BCUT2D eigenvalue weighted by Crippen LogP contribution is -2.32. The van der Waals surface area contributed by atoms with Gasteiger partial charge in [0.05, 0.1) is 10.8 Å². The number of benzene rings is 10. The van der Waals surface area contributed by atoms with Crippen LogP contribution in [0.25, 0.3) is 33.4 Å². The van der Waals surface area contributed by atoms with Gasteiger partial charge in [-0.2, -0.15) is 0 Å². The second-order valence-electron chi connectivity index (χ2n) is 20.2. The normalized spacial score (nSPS) is 13.8. The molecule has 1 heteroatoms. The molecule has 0 fully saturated rings. The molecule has 2 aliphatic carbocycles. The average Bonchev–Trinajstić information content (AvgIpc) is 3.86. The number of hydrogen-bond acceptors (Lipinski definition) is 1. The predicted molar refractivity (Wildman–Crippen MR) is 289 cm³/mol. The summed E-state index contributed by atoms with van der Waals surface area (Å²) in [6, 6.07) is 91.4. The molecule has 12 rings (SSSR count). The van der Waals surface area contributed by atoms with Crippen LogP contribution < -0.4 is 4.90 Å². The summed E-state index contributed by atoms with van der Waals surface area (Å²) in [5.41, 5.74) is 23.7. The van der Waals surface area contributed by atoms with Crippen molar-refractivity contribution < 1.29 is 0 Å². The van der Waals surface area contributed by atoms with Gasteiger partial charge in [0.2, 0.25) is 0 Å². The number of nitrogens with zero attached hydrogens (tertiary/aromatic N) is 1. The molecule has 0 aliphatic heterocycles. The van der Waals surface area contributed by atoms with Crippen LogP contribution in [0.15, 0.2) is 243 Å². The van der Waals surface area contributed by atoms with E-state index in [9.17, 15) is 0 Å². The minimum Gasteiger partial charge on any atom is -0.310 e. The molecule has 1 nitrogen and oxygen atoms in total. The molecule has 0 heterocycles. The molecule has 0 saturated carbocycles. The molecule has 0 saturated heterocycles. The van der Waals surface area contributed by atoms with Gasteiger partial charge in [-0.1, -0.05) is 238 Å². The van der Waals surface area contributed by atoms with Gasteiger partial charge < -0.3 is 4.90 Å². The molecule has 0 N–H and O–H groups in total. The summed E-state index contributed by atoms with van der Waals surface area (Å²) < 4.78 is 0. The van der Waals surface area contributed by atoms with E-state index in [0.717, 1.165) is 17.1 Å². The first-order valence-electron chi connectivity index (χ1n) is 24.4. The summed E-state index contributed by atoms with van der Waals surface area (Å²) in [5, 5.41) is 0. The molecular weight excluding hydrogens is 831 g/mol. The Bertz CT molecular complexity index is 3420. The second kappa shape index (κ2) is 16.4. The van der Waals surface area contributed by atoms with E-state index in [1.165, 1.54) is 94.6 Å². The number of hydrogen-bond donors (Lipinski definition) is 0. The highest BCUT2D eigenvalue weighted by Crippen LogP contribution is 2.62. The van der Waals surface area contributed by atoms with E-state index in [1.54, 1.807) is 0 Å². The molecule has 332 valence electrons. The van der Waals surface area contributed by atoms with Crippen LogP contribution in [0.5, 0.6) is 0 Å². The van der Waals surface area contributed by atoms with Gasteiger partial charge in [0.25, 0.3) is 0 Å². The number of fused-ring (bicyclic) bond motifs is 6. The van der Waals surface area contributed by atoms with Gasteiger partial charge in [0.15, 0.2) is 0 Å². The molecule has 69 heavy (non-hydrogen) atoms. The summed E-state index contributed by atoms with van der Waals surface area (Å²) >= 11 is 0. The molecule has 10 aromatic rings. The summed E-state index contributed by atoms with van der Waals surface area (Å²) in [6.45, 7) is 11.5. The number of anilines is 3. The molecule has 0 spiro atoms. The Balaban J connectivity index is 1.18. The van der Waals surface area contributed by atoms with Gasteiger partial charge in [-0.3, -0.25) is 0 Å². The van der Waals surface area contributed by atoms with E-state index >= 15 is 0 Å². The van der Waals surface area contributed by atoms with Crippen molar-refractivity contribution in [3.8, 4) is 33.4 Å². The zero-order valence-electron chi connectivity index (χ0n) is 40.0. The van der Waals surface area contributed by atoms with E-state index in [4.69, 9.17) is 0 Å². The zero-order valence-corrected chi connectivity index (χ0v) is 40.0. The third-order valence-corrected chi connectivity index (χ3v) is 15.1. The Kier molecular flexibility index (Phi) is 10.0. The third kappa shape index (κ3) is 6.52. The van der Waals surface area contributed by atoms with Crippen molar-refractivity contribution in [3.05, 3.63) is 304 Å². The van der Waals surface area contributed by atoms with E-state index in [-0.39, 0.29) is 5.41 Å². The Morgan fingerprint density at radius 3 is 1.32 bits per heavy atom. The van der Waals surface area contributed by atoms with Gasteiger partial charge in [-0.15, -0.1) is 0 Å². The highest BCUT2D eigenvalue weighted by atomic mass is 15.1. The van der Waals surface area contributed by atoms with Crippen LogP contribution in [0, 0.1) is 13.8 Å². The van der Waals surface area contributed by atoms with Crippen LogP contribution in [-0.2, 0) is 16.2 Å². The second-order valence-corrected chi connectivity index (χ2v) is 20.2. The van der Waals surface area contributed by atoms with Crippen molar-refractivity contribution in [1.82, 2.24) is 0 Å². The number of rotatable bonds is 8. The average molecular weight is 886 g/mol. The fourth-order valence-electron chi connectivity index (χ4n) is 12.1. The Morgan fingerprint density at radius 1 is 0.333 bits per heavy atom. The summed E-state index contributed by atoms with van der Waals surface area (Å²) in [5.74, 6) is 0. The van der Waals surface area contributed by atoms with Crippen molar-refractivity contribution in [2.45, 2.75) is 50.9 Å². The third-order valence-electron chi connectivity index (χ3n) is 15.1. The van der Waals surface area contributed by atoms with Gasteiger partial charge in [0.1, 0.15) is 0 Å². The predicted octanol–water partition coefficient (Wildman–Crippen LogP) is 17.5. The summed E-state index contributed by atoms with van der Waals surface area (Å²) in [7, 11) is 0. The van der Waals surface area contributed by atoms with Crippen molar-refractivity contribution in [2.75, 3.05) is 4.90 Å². The van der Waals surface area contributed by atoms with Gasteiger partial charge in [-0.05, 0) is 139 Å². The zero-order chi connectivity index (χ0) is 46.9. The van der Waals surface area contributed by atoms with Gasteiger partial charge >= 0.3 is 0 Å². The van der Waals surface area contributed by atoms with Gasteiger partial charge in [0, 0.05) is 17.1 Å². The van der Waals surface area contributed by atoms with E-state index < -0.39 is 10.8 Å². The standard InChI is InChI=1S/C68H55N/c1-46-30-34-51(35-31-46)68(52-36-32-47(2)33-37-52)63-45-55(39-41-59(63)64-56(48-20-10-6-11-21-48)42-43-61(65(64)68)66(3,4)5)69(53-26-16-9-17-27-53)54-38-40-58-57-28-18-19-29-60(57)67(62(58)44-54,49-22-12-7-13-23-49)50-24-14-8-15-25-50/h6-45H,1-5H3. The molecule has 10 aromatic carbocycles. The molecule has 2 aliphatic rings. The maximum absolute atomic E-state index is 2.53. The Labute approximate surface area is 408 Å². The lowest BCUT2D eigenvalue weighted by atomic mass is 9.64. The molecular formula is C68H55N. The minimum absolute atomic E-state index is 0.160. The van der Waals surface area contributed by atoms with Crippen LogP contribution in [0.1, 0.15) is 82.0 Å². The fourth-order valence-corrected chi connectivity index (χ4v) is 12.1. The fraction of sp³-hybridized carbons (Fsp3) is 0.118. The molecule has 0 aromatic heterocycles. The van der Waals surface area contributed by atoms with Crippen molar-refractivity contribution in [2.24, 2.45) is 0 Å². The van der Waals surface area contributed by atoms with Crippen molar-refractivity contribution >= 4 is 17.1 Å². The lowest BCUT2D eigenvalue weighted by Gasteiger charge is -2.38. The summed E-state index contributed by atoms with van der Waals surface area (Å²) in [6.07, 6.45) is 0. The van der Waals surface area contributed by atoms with E-state index in [1.807, 2.05) is 0 Å². The maximum atomic E-state index is 2.53. The quantitative estimate of drug-likeness (QED) is 0.147. The molecule has 0 bridgehead atoms. The van der Waals surface area contributed by atoms with Crippen LogP contribution in [0.2, 0.25) is 0 Å². The molecule has 0 amide bonds. The first-order valence-corrected chi connectivity index (χ1v) is 24.4. The molecule has 0 unspecified atom stereocenters. The first-order chi connectivity index (χ1) is 33.7. The van der Waals surface area contributed by atoms with E-state index in [2.05, 4.69) is 282 Å². The van der Waals surface area contributed by atoms with Crippen LogP contribution in [-0.4, -0.2) is 0 Å². The van der Waals surface area contributed by atoms with Crippen LogP contribution in [0.3, 0.4) is 0 Å². The number of para-hydroxylation sites is 1. The first kappa shape index (κ1) is 42.4. The highest BCUT2D eigenvalue weighted by Gasteiger charge is 2.50. The Hall–Kier alpha value is -8.00. The van der Waals surface area contributed by atoms with Crippen LogP contribution >= 0.6 is 0 Å². The lowest BCUT2D eigenvalue weighted by molar-refractivity contribution is 0.572.